The van der Waals surface area contributed by atoms with E-state index in [1.54, 1.807) is 24.3 Å². The maximum absolute atomic E-state index is 8.63. The fourth-order valence-electron chi connectivity index (χ4n) is 1.78. The number of unbranched alkanes of at least 4 members (excludes halogenated alkanes) is 6. The first kappa shape index (κ1) is 29.4. The van der Waals surface area contributed by atoms with Gasteiger partial charge in [-0.2, -0.15) is 0 Å². The van der Waals surface area contributed by atoms with E-state index in [1.165, 1.54) is 32.1 Å². The van der Waals surface area contributed by atoms with Crippen molar-refractivity contribution in [2.75, 3.05) is 26.4 Å². The van der Waals surface area contributed by atoms with Crippen LogP contribution in [-0.4, -0.2) is 62.2 Å². The predicted molar refractivity (Wildman–Crippen MR) is 112 cm³/mol. The fourth-order valence-corrected chi connectivity index (χ4v) is 2.08. The molecule has 0 amide bonds. The number of aliphatic hydroxyl groups is 3. The molecule has 0 saturated heterocycles. The smallest absolute Gasteiger partial charge is 0.327 e. The van der Waals surface area contributed by atoms with Gasteiger partial charge in [-0.05, 0) is 18.6 Å². The number of aromatic hydroxyl groups is 1. The molecule has 0 spiro atoms. The van der Waals surface area contributed by atoms with E-state index in [4.69, 9.17) is 35.9 Å². The number of nitrogens with two attached hydrogens (primary N) is 1. The summed E-state index contributed by atoms with van der Waals surface area (Å²) in [4.78, 5) is 16.8. The highest BCUT2D eigenvalue weighted by Gasteiger charge is 2.20. The van der Waals surface area contributed by atoms with Crippen LogP contribution < -0.4 is 5.73 Å². The van der Waals surface area contributed by atoms with Gasteiger partial charge in [0.05, 0.1) is 32.0 Å². The van der Waals surface area contributed by atoms with Gasteiger partial charge in [0, 0.05) is 0 Å². The van der Waals surface area contributed by atoms with Gasteiger partial charge >= 0.3 is 8.60 Å². The van der Waals surface area contributed by atoms with Crippen LogP contribution in [0.15, 0.2) is 30.3 Å². The third-order valence-corrected chi connectivity index (χ3v) is 4.07. The molecule has 0 aromatic heterocycles. The minimum absolute atomic E-state index is 0.322. The van der Waals surface area contributed by atoms with Crippen molar-refractivity contribution in [1.82, 2.24) is 0 Å². The number of hydrogen-bond donors (Lipinski definition) is 7. The van der Waals surface area contributed by atoms with Crippen molar-refractivity contribution in [2.24, 2.45) is 5.73 Å². The maximum Gasteiger partial charge on any atom is 0.327 e. The second kappa shape index (κ2) is 20.9. The van der Waals surface area contributed by atoms with E-state index in [2.05, 4.69) is 11.4 Å². The Balaban J connectivity index is 0. The summed E-state index contributed by atoms with van der Waals surface area (Å²) in [5.41, 5.74) is 3.94. The van der Waals surface area contributed by atoms with Crippen LogP contribution in [0.4, 0.5) is 0 Å². The van der Waals surface area contributed by atoms with Crippen LogP contribution in [-0.2, 0) is 4.52 Å². The van der Waals surface area contributed by atoms with Crippen molar-refractivity contribution in [3.63, 3.8) is 0 Å². The van der Waals surface area contributed by atoms with Crippen LogP contribution in [0.25, 0.3) is 0 Å². The highest BCUT2D eigenvalue weighted by Crippen LogP contribution is 2.24. The molecule has 28 heavy (non-hydrogen) atoms. The highest BCUT2D eigenvalue weighted by molar-refractivity contribution is 7.39. The van der Waals surface area contributed by atoms with Gasteiger partial charge < -0.3 is 40.5 Å². The molecular weight excluding hydrogens is 385 g/mol. The van der Waals surface area contributed by atoms with Crippen molar-refractivity contribution < 1.29 is 34.7 Å². The zero-order valence-electron chi connectivity index (χ0n) is 16.8. The van der Waals surface area contributed by atoms with Crippen LogP contribution in [0, 0.1) is 0 Å². The molecule has 0 radical (unpaired) electrons. The Kier molecular flexibility index (Phi) is 21.9. The molecular formula is C19H38NO7P. The lowest BCUT2D eigenvalue weighted by atomic mass is 10.1. The summed E-state index contributed by atoms with van der Waals surface area (Å²) in [7, 11) is -2.13. The van der Waals surface area contributed by atoms with E-state index in [1.807, 2.05) is 6.07 Å². The fraction of sp³-hybridized carbons (Fsp3) is 0.684. The second-order valence-corrected chi connectivity index (χ2v) is 7.14. The standard InChI is InChI=1S/C9H21O3P.C6H6O.C4H11NO3/c1-2-3-4-5-6-7-8-9-12-13(10)11;7-6-4-2-1-3-5-6;5-4(1-6,2-7)3-8/h10-11H,2-9H2,1H3;1-5,7H;6-8H,1-3,5H2. The average molecular weight is 423 g/mol. The summed E-state index contributed by atoms with van der Waals surface area (Å²) in [5, 5.41) is 33.7. The Bertz CT molecular complexity index is 412. The Labute approximate surface area is 169 Å². The highest BCUT2D eigenvalue weighted by atomic mass is 31.2. The molecule has 8 nitrogen and oxygen atoms in total. The van der Waals surface area contributed by atoms with E-state index in [-0.39, 0.29) is 0 Å². The van der Waals surface area contributed by atoms with Crippen LogP contribution in [0.1, 0.15) is 51.9 Å². The van der Waals surface area contributed by atoms with E-state index in [0.29, 0.717) is 12.4 Å². The largest absolute Gasteiger partial charge is 0.508 e. The van der Waals surface area contributed by atoms with E-state index in [9.17, 15) is 0 Å². The number of phenols is 1. The van der Waals surface area contributed by atoms with Crippen molar-refractivity contribution in [3.8, 4) is 5.75 Å². The first-order chi connectivity index (χ1) is 13.3. The average Bonchev–Trinajstić information content (AvgIpc) is 2.71. The molecule has 0 saturated carbocycles. The van der Waals surface area contributed by atoms with Crippen molar-refractivity contribution in [1.29, 1.82) is 0 Å². The molecule has 8 N–H and O–H groups in total. The van der Waals surface area contributed by atoms with Gasteiger partial charge in [0.1, 0.15) is 5.75 Å². The molecule has 1 aromatic rings. The van der Waals surface area contributed by atoms with Crippen LogP contribution in [0.2, 0.25) is 0 Å². The van der Waals surface area contributed by atoms with Crippen molar-refractivity contribution in [3.05, 3.63) is 30.3 Å². The number of para-hydroxylation sites is 1. The molecule has 0 fully saturated rings. The topological polar surface area (TPSA) is 157 Å². The van der Waals surface area contributed by atoms with Crippen molar-refractivity contribution in [2.45, 2.75) is 57.4 Å². The van der Waals surface area contributed by atoms with Gasteiger partial charge in [0.25, 0.3) is 0 Å². The number of benzene rings is 1. The van der Waals surface area contributed by atoms with Gasteiger partial charge in [-0.1, -0.05) is 63.6 Å². The van der Waals surface area contributed by atoms with E-state index in [0.717, 1.165) is 12.8 Å². The molecule has 0 aliphatic heterocycles. The van der Waals surface area contributed by atoms with Crippen molar-refractivity contribution >= 4 is 8.60 Å². The SMILES string of the molecule is CCCCCCCCCOP(O)O.NC(CO)(CO)CO.Oc1ccccc1. The summed E-state index contributed by atoms with van der Waals surface area (Å²) in [6.07, 6.45) is 8.53. The lowest BCUT2D eigenvalue weighted by Crippen LogP contribution is -2.50. The molecule has 0 aliphatic rings. The van der Waals surface area contributed by atoms with Gasteiger partial charge in [0.15, 0.2) is 0 Å². The maximum atomic E-state index is 8.63. The quantitative estimate of drug-likeness (QED) is 0.199. The second-order valence-electron chi connectivity index (χ2n) is 6.38. The summed E-state index contributed by atoms with van der Waals surface area (Å²) in [6.45, 7) is 1.48. The molecule has 0 aliphatic carbocycles. The van der Waals surface area contributed by atoms with Crippen LogP contribution in [0.5, 0.6) is 5.75 Å². The minimum atomic E-state index is -2.13. The van der Waals surface area contributed by atoms with Gasteiger partial charge in [-0.25, -0.2) is 0 Å². The third kappa shape index (κ3) is 21.5. The Morgan fingerprint density at radius 2 is 1.32 bits per heavy atom. The van der Waals surface area contributed by atoms with Gasteiger partial charge in [-0.3, -0.25) is 0 Å². The summed E-state index contributed by atoms with van der Waals surface area (Å²) < 4.78 is 4.65. The zero-order chi connectivity index (χ0) is 21.7. The number of phenolic OH excluding ortho intramolecular Hbond substituents is 1. The predicted octanol–water partition coefficient (Wildman–Crippen LogP) is 2.02. The molecule has 0 heterocycles. The Hall–Kier alpha value is -0.830. The van der Waals surface area contributed by atoms with Gasteiger partial charge in [-0.15, -0.1) is 0 Å². The first-order valence-corrected chi connectivity index (χ1v) is 10.7. The molecule has 1 aromatic carbocycles. The van der Waals surface area contributed by atoms with Crippen LogP contribution in [0.3, 0.4) is 0 Å². The molecule has 9 heteroatoms. The van der Waals surface area contributed by atoms with E-state index >= 15 is 0 Å². The molecule has 0 unspecified atom stereocenters. The first-order valence-electron chi connectivity index (χ1n) is 9.51. The van der Waals surface area contributed by atoms with Gasteiger partial charge in [0.2, 0.25) is 0 Å². The minimum Gasteiger partial charge on any atom is -0.508 e. The summed E-state index contributed by atoms with van der Waals surface area (Å²) >= 11 is 0. The Morgan fingerprint density at radius 3 is 1.64 bits per heavy atom. The van der Waals surface area contributed by atoms with Crippen LogP contribution >= 0.6 is 8.60 Å². The monoisotopic (exact) mass is 423 g/mol. The molecule has 166 valence electrons. The summed E-state index contributed by atoms with van der Waals surface area (Å²) in [6, 6.07) is 8.71. The van der Waals surface area contributed by atoms with E-state index < -0.39 is 34.0 Å². The normalized spacial score (nSPS) is 10.7. The lowest BCUT2D eigenvalue weighted by molar-refractivity contribution is 0.0697. The number of aliphatic hydroxyl groups excluding tert-OH is 3. The number of rotatable bonds is 12. The lowest BCUT2D eigenvalue weighted by Gasteiger charge is -2.20. The Morgan fingerprint density at radius 1 is 0.857 bits per heavy atom. The molecule has 0 bridgehead atoms. The molecule has 1 rings (SSSR count). The summed E-state index contributed by atoms with van der Waals surface area (Å²) in [5.74, 6) is 0.322. The zero-order valence-corrected chi connectivity index (χ0v) is 17.7. The molecule has 0 atom stereocenters. The third-order valence-electron chi connectivity index (χ3n) is 3.66. The number of hydrogen-bond acceptors (Lipinski definition) is 8.